The van der Waals surface area contributed by atoms with E-state index in [0.717, 1.165) is 22.5 Å². The van der Waals surface area contributed by atoms with Crippen LogP contribution in [0.5, 0.6) is 0 Å². The summed E-state index contributed by atoms with van der Waals surface area (Å²) in [5.74, 6) is -0.379. The summed E-state index contributed by atoms with van der Waals surface area (Å²) >= 11 is 0. The van der Waals surface area contributed by atoms with E-state index in [-0.39, 0.29) is 12.5 Å². The van der Waals surface area contributed by atoms with Crippen molar-refractivity contribution in [3.8, 4) is 0 Å². The van der Waals surface area contributed by atoms with Crippen molar-refractivity contribution < 1.29 is 13.2 Å². The molecule has 0 spiro atoms. The predicted molar refractivity (Wildman–Crippen MR) is 98.7 cm³/mol. The van der Waals surface area contributed by atoms with Crippen LogP contribution in [-0.4, -0.2) is 31.6 Å². The summed E-state index contributed by atoms with van der Waals surface area (Å²) in [5.41, 5.74) is 2.28. The number of benzene rings is 1. The monoisotopic (exact) mass is 361 g/mol. The molecule has 2 aromatic rings. The maximum atomic E-state index is 12.5. The van der Waals surface area contributed by atoms with E-state index in [0.29, 0.717) is 11.4 Å². The Kier molecular flexibility index (Phi) is 6.14. The average molecular weight is 361 g/mol. The molecule has 0 aliphatic heterocycles. The van der Waals surface area contributed by atoms with Crippen molar-refractivity contribution in [3.05, 3.63) is 59.9 Å². The summed E-state index contributed by atoms with van der Waals surface area (Å²) in [7, 11) is -3.61. The number of aryl methyl sites for hydroxylation is 1. The minimum atomic E-state index is -3.61. The second-order valence-electron chi connectivity index (χ2n) is 5.79. The maximum absolute atomic E-state index is 12.5. The SMILES string of the molecule is CCc1ccc(N([C@@H](C)C(=O)NCc2ccccn2)S(C)(=O)=O)cc1. The predicted octanol–water partition coefficient (Wildman–Crippen LogP) is 2.11. The molecule has 134 valence electrons. The second kappa shape index (κ2) is 8.11. The minimum absolute atomic E-state index is 0.246. The van der Waals surface area contributed by atoms with Gasteiger partial charge < -0.3 is 5.32 Å². The molecule has 0 unspecified atom stereocenters. The molecule has 1 amide bonds. The quantitative estimate of drug-likeness (QED) is 0.819. The summed E-state index contributed by atoms with van der Waals surface area (Å²) in [4.78, 5) is 16.6. The molecule has 1 aromatic carbocycles. The number of anilines is 1. The summed E-state index contributed by atoms with van der Waals surface area (Å²) in [5, 5.41) is 2.74. The highest BCUT2D eigenvalue weighted by molar-refractivity contribution is 7.92. The third-order valence-corrected chi connectivity index (χ3v) is 5.10. The molecule has 1 aromatic heterocycles. The van der Waals surface area contributed by atoms with Gasteiger partial charge in [-0.25, -0.2) is 8.42 Å². The summed E-state index contributed by atoms with van der Waals surface area (Å²) in [6, 6.07) is 11.7. The number of amides is 1. The fourth-order valence-corrected chi connectivity index (χ4v) is 3.69. The normalized spacial score (nSPS) is 12.4. The van der Waals surface area contributed by atoms with Gasteiger partial charge in [-0.2, -0.15) is 0 Å². The Morgan fingerprint density at radius 1 is 1.20 bits per heavy atom. The maximum Gasteiger partial charge on any atom is 0.243 e. The van der Waals surface area contributed by atoms with Crippen LogP contribution in [-0.2, 0) is 27.8 Å². The molecule has 0 saturated heterocycles. The first-order valence-corrected chi connectivity index (χ1v) is 9.93. The number of pyridine rings is 1. The van der Waals surface area contributed by atoms with Gasteiger partial charge in [-0.05, 0) is 43.2 Å². The number of carbonyl (C=O) groups is 1. The van der Waals surface area contributed by atoms with Crippen LogP contribution in [0.15, 0.2) is 48.7 Å². The van der Waals surface area contributed by atoms with Gasteiger partial charge in [-0.1, -0.05) is 25.1 Å². The number of nitrogens with one attached hydrogen (secondary N) is 1. The Morgan fingerprint density at radius 3 is 2.40 bits per heavy atom. The Balaban J connectivity index is 2.17. The van der Waals surface area contributed by atoms with E-state index in [4.69, 9.17) is 0 Å². The first-order chi connectivity index (χ1) is 11.8. The molecule has 2 rings (SSSR count). The number of hydrogen-bond acceptors (Lipinski definition) is 4. The summed E-state index contributed by atoms with van der Waals surface area (Å²) < 4.78 is 25.6. The van der Waals surface area contributed by atoms with Gasteiger partial charge in [-0.15, -0.1) is 0 Å². The van der Waals surface area contributed by atoms with Crippen molar-refractivity contribution in [1.82, 2.24) is 10.3 Å². The van der Waals surface area contributed by atoms with E-state index in [1.54, 1.807) is 37.4 Å². The highest BCUT2D eigenvalue weighted by atomic mass is 32.2. The Morgan fingerprint density at radius 2 is 1.88 bits per heavy atom. The van der Waals surface area contributed by atoms with Gasteiger partial charge in [0.25, 0.3) is 0 Å². The Labute approximate surface area is 148 Å². The van der Waals surface area contributed by atoms with Gasteiger partial charge in [0.15, 0.2) is 0 Å². The van der Waals surface area contributed by atoms with Crippen molar-refractivity contribution >= 4 is 21.6 Å². The van der Waals surface area contributed by atoms with E-state index in [9.17, 15) is 13.2 Å². The summed E-state index contributed by atoms with van der Waals surface area (Å²) in [6.45, 7) is 3.84. The van der Waals surface area contributed by atoms with Crippen molar-refractivity contribution in [3.63, 3.8) is 0 Å². The number of rotatable bonds is 7. The molecular weight excluding hydrogens is 338 g/mol. The molecule has 0 aliphatic rings. The Bertz CT molecular complexity index is 805. The highest BCUT2D eigenvalue weighted by Gasteiger charge is 2.28. The number of hydrogen-bond donors (Lipinski definition) is 1. The van der Waals surface area contributed by atoms with Crippen LogP contribution in [0.3, 0.4) is 0 Å². The van der Waals surface area contributed by atoms with Gasteiger partial charge >= 0.3 is 0 Å². The standard InChI is InChI=1S/C18H23N3O3S/c1-4-15-8-10-17(11-9-15)21(25(3,23)24)14(2)18(22)20-13-16-7-5-6-12-19-16/h5-12,14H,4,13H2,1-3H3,(H,20,22)/t14-/m0/s1. The van der Waals surface area contributed by atoms with Gasteiger partial charge in [-0.3, -0.25) is 14.1 Å². The average Bonchev–Trinajstić information content (AvgIpc) is 2.60. The van der Waals surface area contributed by atoms with Crippen molar-refractivity contribution in [2.45, 2.75) is 32.9 Å². The van der Waals surface area contributed by atoms with Crippen LogP contribution in [0.25, 0.3) is 0 Å². The zero-order chi connectivity index (χ0) is 18.4. The molecule has 25 heavy (non-hydrogen) atoms. The minimum Gasteiger partial charge on any atom is -0.349 e. The molecule has 0 aliphatic carbocycles. The highest BCUT2D eigenvalue weighted by Crippen LogP contribution is 2.21. The first-order valence-electron chi connectivity index (χ1n) is 8.09. The van der Waals surface area contributed by atoms with Gasteiger partial charge in [0.2, 0.25) is 15.9 Å². The lowest BCUT2D eigenvalue weighted by Gasteiger charge is -2.28. The molecule has 1 N–H and O–H groups in total. The van der Waals surface area contributed by atoms with Gasteiger partial charge in [0, 0.05) is 6.20 Å². The molecule has 0 fully saturated rings. The molecular formula is C18H23N3O3S. The zero-order valence-corrected chi connectivity index (χ0v) is 15.5. The van der Waals surface area contributed by atoms with Crippen LogP contribution in [0.2, 0.25) is 0 Å². The van der Waals surface area contributed by atoms with E-state index in [1.165, 1.54) is 0 Å². The lowest BCUT2D eigenvalue weighted by molar-refractivity contribution is -0.122. The van der Waals surface area contributed by atoms with E-state index in [1.807, 2.05) is 25.1 Å². The molecule has 0 saturated carbocycles. The van der Waals surface area contributed by atoms with Gasteiger partial charge in [0.05, 0.1) is 24.2 Å². The van der Waals surface area contributed by atoms with Gasteiger partial charge in [0.1, 0.15) is 6.04 Å². The van der Waals surface area contributed by atoms with Crippen molar-refractivity contribution in [2.75, 3.05) is 10.6 Å². The third kappa shape index (κ3) is 5.03. The van der Waals surface area contributed by atoms with Crippen LogP contribution < -0.4 is 9.62 Å². The number of carbonyl (C=O) groups excluding carboxylic acids is 1. The van der Waals surface area contributed by atoms with E-state index >= 15 is 0 Å². The Hall–Kier alpha value is -2.41. The number of nitrogens with zero attached hydrogens (tertiary/aromatic N) is 2. The topological polar surface area (TPSA) is 79.4 Å². The number of sulfonamides is 1. The van der Waals surface area contributed by atoms with Crippen molar-refractivity contribution in [2.24, 2.45) is 0 Å². The van der Waals surface area contributed by atoms with Crippen LogP contribution >= 0.6 is 0 Å². The third-order valence-electron chi connectivity index (χ3n) is 3.86. The lowest BCUT2D eigenvalue weighted by atomic mass is 10.1. The molecule has 7 heteroatoms. The zero-order valence-electron chi connectivity index (χ0n) is 14.6. The van der Waals surface area contributed by atoms with E-state index in [2.05, 4.69) is 10.3 Å². The number of aromatic nitrogens is 1. The van der Waals surface area contributed by atoms with E-state index < -0.39 is 16.1 Å². The smallest absolute Gasteiger partial charge is 0.243 e. The fraction of sp³-hybridized carbons (Fsp3) is 0.333. The molecule has 6 nitrogen and oxygen atoms in total. The first kappa shape index (κ1) is 18.9. The van der Waals surface area contributed by atoms with Crippen LogP contribution in [0, 0.1) is 0 Å². The molecule has 1 heterocycles. The molecule has 0 radical (unpaired) electrons. The van der Waals surface area contributed by atoms with Crippen LogP contribution in [0.4, 0.5) is 5.69 Å². The lowest BCUT2D eigenvalue weighted by Crippen LogP contribution is -2.47. The van der Waals surface area contributed by atoms with Crippen LogP contribution in [0.1, 0.15) is 25.1 Å². The largest absolute Gasteiger partial charge is 0.349 e. The van der Waals surface area contributed by atoms with Crippen molar-refractivity contribution in [1.29, 1.82) is 0 Å². The summed E-state index contributed by atoms with van der Waals surface area (Å²) in [6.07, 6.45) is 3.60. The molecule has 0 bridgehead atoms. The second-order valence-corrected chi connectivity index (χ2v) is 7.65. The molecule has 1 atom stereocenters. The fourth-order valence-electron chi connectivity index (χ4n) is 2.52.